The third kappa shape index (κ3) is 5.23. The maximum Gasteiger partial charge on any atom is 0.319 e. The number of amides is 2. The van der Waals surface area contributed by atoms with Gasteiger partial charge in [-0.25, -0.2) is 4.79 Å². The summed E-state index contributed by atoms with van der Waals surface area (Å²) >= 11 is 0. The van der Waals surface area contributed by atoms with Crippen LogP contribution in [0, 0.1) is 0 Å². The molecule has 2 aromatic rings. The van der Waals surface area contributed by atoms with Crippen LogP contribution in [-0.2, 0) is 0 Å². The normalized spacial score (nSPS) is 11.6. The van der Waals surface area contributed by atoms with Crippen LogP contribution in [0.5, 0.6) is 0 Å². The van der Waals surface area contributed by atoms with Gasteiger partial charge in [0.2, 0.25) is 0 Å². The largest absolute Gasteiger partial charge is 0.393 e. The SMILES string of the molecule is CC(O)CCNC(=O)Nc1cccc(C(=O)c2ccccc2)c1. The molecular formula is C18H20N2O3. The van der Waals surface area contributed by atoms with E-state index in [2.05, 4.69) is 10.6 Å². The Bertz CT molecular complexity index is 669. The standard InChI is InChI=1S/C18H20N2O3/c1-13(21)10-11-19-18(23)20-16-9-5-8-15(12-16)17(22)14-6-3-2-4-7-14/h2-9,12-13,21H,10-11H2,1H3,(H2,19,20,23). The molecule has 0 aromatic heterocycles. The molecule has 0 saturated heterocycles. The van der Waals surface area contributed by atoms with E-state index in [9.17, 15) is 9.59 Å². The van der Waals surface area contributed by atoms with Crippen LogP contribution in [-0.4, -0.2) is 29.6 Å². The number of carbonyl (C=O) groups is 2. The van der Waals surface area contributed by atoms with Crippen LogP contribution >= 0.6 is 0 Å². The van der Waals surface area contributed by atoms with Crippen molar-refractivity contribution in [3.8, 4) is 0 Å². The van der Waals surface area contributed by atoms with Gasteiger partial charge in [0.15, 0.2) is 5.78 Å². The third-order valence-electron chi connectivity index (χ3n) is 3.27. The predicted molar refractivity (Wildman–Crippen MR) is 89.6 cm³/mol. The number of carbonyl (C=O) groups excluding carboxylic acids is 2. The maximum absolute atomic E-state index is 12.4. The van der Waals surface area contributed by atoms with Crippen molar-refractivity contribution in [1.82, 2.24) is 5.32 Å². The first-order valence-electron chi connectivity index (χ1n) is 7.49. The maximum atomic E-state index is 12.4. The van der Waals surface area contributed by atoms with E-state index in [1.165, 1.54) is 0 Å². The number of hydrogen-bond acceptors (Lipinski definition) is 3. The van der Waals surface area contributed by atoms with E-state index in [0.717, 1.165) is 0 Å². The number of aliphatic hydroxyl groups is 1. The summed E-state index contributed by atoms with van der Waals surface area (Å²) in [4.78, 5) is 24.1. The van der Waals surface area contributed by atoms with Crippen LogP contribution in [0.15, 0.2) is 54.6 Å². The zero-order chi connectivity index (χ0) is 16.7. The molecule has 0 aliphatic rings. The number of rotatable bonds is 6. The Balaban J connectivity index is 2.00. The lowest BCUT2D eigenvalue weighted by Gasteiger charge is -2.09. The quantitative estimate of drug-likeness (QED) is 0.718. The molecule has 0 radical (unpaired) electrons. The number of ketones is 1. The summed E-state index contributed by atoms with van der Waals surface area (Å²) in [6.45, 7) is 2.05. The Morgan fingerprint density at radius 1 is 1.04 bits per heavy atom. The van der Waals surface area contributed by atoms with E-state index >= 15 is 0 Å². The van der Waals surface area contributed by atoms with Crippen molar-refractivity contribution < 1.29 is 14.7 Å². The highest BCUT2D eigenvalue weighted by molar-refractivity contribution is 6.09. The van der Waals surface area contributed by atoms with Crippen molar-refractivity contribution in [2.45, 2.75) is 19.4 Å². The predicted octanol–water partition coefficient (Wildman–Crippen LogP) is 2.81. The van der Waals surface area contributed by atoms with Gasteiger partial charge in [0.1, 0.15) is 0 Å². The minimum Gasteiger partial charge on any atom is -0.393 e. The molecule has 120 valence electrons. The smallest absolute Gasteiger partial charge is 0.319 e. The van der Waals surface area contributed by atoms with E-state index in [1.54, 1.807) is 43.3 Å². The summed E-state index contributed by atoms with van der Waals surface area (Å²) in [5.74, 6) is -0.0937. The summed E-state index contributed by atoms with van der Waals surface area (Å²) in [6.07, 6.45) is 0.0297. The Kier molecular flexibility index (Phi) is 5.88. The fourth-order valence-corrected chi connectivity index (χ4v) is 2.06. The first-order chi connectivity index (χ1) is 11.1. The average Bonchev–Trinajstić information content (AvgIpc) is 2.55. The minimum absolute atomic E-state index is 0.0937. The molecular weight excluding hydrogens is 292 g/mol. The third-order valence-corrected chi connectivity index (χ3v) is 3.27. The van der Waals surface area contributed by atoms with Crippen LogP contribution in [0.4, 0.5) is 10.5 Å². The summed E-state index contributed by atoms with van der Waals surface area (Å²) in [5.41, 5.74) is 1.66. The topological polar surface area (TPSA) is 78.4 Å². The Labute approximate surface area is 135 Å². The van der Waals surface area contributed by atoms with Gasteiger partial charge in [-0.2, -0.15) is 0 Å². The Hall–Kier alpha value is -2.66. The molecule has 0 fully saturated rings. The number of benzene rings is 2. The van der Waals surface area contributed by atoms with Gasteiger partial charge >= 0.3 is 6.03 Å². The monoisotopic (exact) mass is 312 g/mol. The van der Waals surface area contributed by atoms with Gasteiger partial charge in [0.05, 0.1) is 6.10 Å². The van der Waals surface area contributed by atoms with Crippen LogP contribution < -0.4 is 10.6 Å². The molecule has 0 spiro atoms. The minimum atomic E-state index is -0.456. The molecule has 5 nitrogen and oxygen atoms in total. The van der Waals surface area contributed by atoms with Crippen LogP contribution in [0.25, 0.3) is 0 Å². The van der Waals surface area contributed by atoms with Crippen molar-refractivity contribution in [2.24, 2.45) is 0 Å². The van der Waals surface area contributed by atoms with Crippen LogP contribution in [0.1, 0.15) is 29.3 Å². The Morgan fingerprint density at radius 2 is 1.74 bits per heavy atom. The van der Waals surface area contributed by atoms with E-state index in [0.29, 0.717) is 29.8 Å². The molecule has 0 bridgehead atoms. The second-order valence-corrected chi connectivity index (χ2v) is 5.29. The highest BCUT2D eigenvalue weighted by Gasteiger charge is 2.10. The van der Waals surface area contributed by atoms with Gasteiger partial charge in [0, 0.05) is 23.4 Å². The van der Waals surface area contributed by atoms with Crippen molar-refractivity contribution in [2.75, 3.05) is 11.9 Å². The van der Waals surface area contributed by atoms with Crippen molar-refractivity contribution in [3.63, 3.8) is 0 Å². The van der Waals surface area contributed by atoms with Gasteiger partial charge in [-0.15, -0.1) is 0 Å². The lowest BCUT2D eigenvalue weighted by Crippen LogP contribution is -2.30. The van der Waals surface area contributed by atoms with E-state index in [-0.39, 0.29) is 11.8 Å². The lowest BCUT2D eigenvalue weighted by molar-refractivity contribution is 0.103. The molecule has 5 heteroatoms. The molecule has 1 unspecified atom stereocenters. The lowest BCUT2D eigenvalue weighted by atomic mass is 10.0. The summed E-state index contributed by atoms with van der Waals surface area (Å²) < 4.78 is 0. The van der Waals surface area contributed by atoms with Gasteiger partial charge in [-0.1, -0.05) is 42.5 Å². The molecule has 1 atom stereocenters. The molecule has 0 saturated carbocycles. The number of anilines is 1. The average molecular weight is 312 g/mol. The zero-order valence-corrected chi connectivity index (χ0v) is 13.0. The van der Waals surface area contributed by atoms with Crippen molar-refractivity contribution in [1.29, 1.82) is 0 Å². The first kappa shape index (κ1) is 16.7. The summed E-state index contributed by atoms with van der Waals surface area (Å²) in [5, 5.41) is 14.5. The first-order valence-corrected chi connectivity index (χ1v) is 7.49. The van der Waals surface area contributed by atoms with Gasteiger partial charge < -0.3 is 15.7 Å². The van der Waals surface area contributed by atoms with Crippen molar-refractivity contribution in [3.05, 3.63) is 65.7 Å². The molecule has 3 N–H and O–H groups in total. The summed E-state index contributed by atoms with van der Waals surface area (Å²) in [6, 6.07) is 15.4. The van der Waals surface area contributed by atoms with Crippen molar-refractivity contribution >= 4 is 17.5 Å². The molecule has 0 heterocycles. The second kappa shape index (κ2) is 8.10. The zero-order valence-electron chi connectivity index (χ0n) is 13.0. The number of aliphatic hydroxyl groups excluding tert-OH is 1. The van der Waals surface area contributed by atoms with E-state index < -0.39 is 6.10 Å². The molecule has 23 heavy (non-hydrogen) atoms. The van der Waals surface area contributed by atoms with Crippen LogP contribution in [0.2, 0.25) is 0 Å². The van der Waals surface area contributed by atoms with Gasteiger partial charge in [0.25, 0.3) is 0 Å². The van der Waals surface area contributed by atoms with Crippen LogP contribution in [0.3, 0.4) is 0 Å². The number of hydrogen-bond donors (Lipinski definition) is 3. The van der Waals surface area contributed by atoms with Gasteiger partial charge in [-0.05, 0) is 25.5 Å². The molecule has 2 aromatic carbocycles. The highest BCUT2D eigenvalue weighted by atomic mass is 16.3. The molecule has 0 aliphatic carbocycles. The number of nitrogens with one attached hydrogen (secondary N) is 2. The number of urea groups is 1. The fraction of sp³-hybridized carbons (Fsp3) is 0.222. The second-order valence-electron chi connectivity index (χ2n) is 5.29. The van der Waals surface area contributed by atoms with E-state index in [1.807, 2.05) is 18.2 Å². The molecule has 2 rings (SSSR count). The van der Waals surface area contributed by atoms with E-state index in [4.69, 9.17) is 5.11 Å². The Morgan fingerprint density at radius 3 is 2.43 bits per heavy atom. The van der Waals surface area contributed by atoms with Gasteiger partial charge in [-0.3, -0.25) is 4.79 Å². The summed E-state index contributed by atoms with van der Waals surface area (Å²) in [7, 11) is 0. The molecule has 0 aliphatic heterocycles. The highest BCUT2D eigenvalue weighted by Crippen LogP contribution is 2.14. The fourth-order valence-electron chi connectivity index (χ4n) is 2.06. The molecule has 2 amide bonds.